The number of amides is 1. The quantitative estimate of drug-likeness (QED) is 0.620. The number of ether oxygens (including phenoxy) is 1. The molecular formula is C19H14BrF3N4O2. The van der Waals surface area contributed by atoms with Crippen LogP contribution in [-0.2, 0) is 11.2 Å². The summed E-state index contributed by atoms with van der Waals surface area (Å²) in [5.41, 5.74) is 4.82. The lowest BCUT2D eigenvalue weighted by Gasteiger charge is -2.20. The van der Waals surface area contributed by atoms with E-state index in [9.17, 15) is 13.6 Å². The second-order valence-electron chi connectivity index (χ2n) is 6.17. The van der Waals surface area contributed by atoms with Crippen molar-refractivity contribution in [2.45, 2.75) is 25.8 Å². The van der Waals surface area contributed by atoms with Crippen LogP contribution in [0.5, 0.6) is 11.5 Å². The predicted molar refractivity (Wildman–Crippen MR) is 104 cm³/mol. The van der Waals surface area contributed by atoms with Crippen molar-refractivity contribution >= 4 is 33.4 Å². The molecule has 10 heteroatoms. The first-order chi connectivity index (χ1) is 13.8. The van der Waals surface area contributed by atoms with E-state index in [0.717, 1.165) is 12.1 Å². The molecule has 0 aromatic heterocycles. The Morgan fingerprint density at radius 2 is 2.07 bits per heavy atom. The smallest absolute Gasteiger partial charge is 0.262 e. The number of hydrazine groups is 1. The van der Waals surface area contributed by atoms with Gasteiger partial charge in [-0.3, -0.25) is 20.6 Å². The molecule has 0 spiro atoms. The fourth-order valence-corrected chi connectivity index (χ4v) is 3.00. The van der Waals surface area contributed by atoms with Crippen molar-refractivity contribution in [1.29, 1.82) is 0 Å². The van der Waals surface area contributed by atoms with Crippen LogP contribution >= 0.6 is 15.9 Å². The highest BCUT2D eigenvalue weighted by Crippen LogP contribution is 2.37. The minimum Gasteiger partial charge on any atom is -0.454 e. The van der Waals surface area contributed by atoms with Crippen LogP contribution in [0.1, 0.15) is 24.5 Å². The molecule has 0 fully saturated rings. The maximum Gasteiger partial charge on any atom is 0.262 e. The molecule has 1 aliphatic heterocycles. The molecule has 1 aliphatic rings. The van der Waals surface area contributed by atoms with Gasteiger partial charge in [0.2, 0.25) is 0 Å². The summed E-state index contributed by atoms with van der Waals surface area (Å²) in [6.45, 7) is 8.65. The van der Waals surface area contributed by atoms with E-state index in [1.807, 2.05) is 0 Å². The number of alkyl halides is 2. The van der Waals surface area contributed by atoms with Gasteiger partial charge in [-0.15, -0.1) is 0 Å². The van der Waals surface area contributed by atoms with Crippen LogP contribution < -0.4 is 15.6 Å². The third-order valence-corrected chi connectivity index (χ3v) is 4.68. The van der Waals surface area contributed by atoms with E-state index < -0.39 is 23.8 Å². The number of nitrogens with zero attached hydrogens (tertiary/aromatic N) is 2. The van der Waals surface area contributed by atoms with Crippen LogP contribution in [0.15, 0.2) is 39.8 Å². The second kappa shape index (κ2) is 8.53. The predicted octanol–water partition coefficient (Wildman–Crippen LogP) is 4.83. The number of aliphatic imine (C=N–C) groups is 1. The summed E-state index contributed by atoms with van der Waals surface area (Å²) >= 11 is 3.19. The number of carbonyl (C=O) groups is 1. The zero-order valence-corrected chi connectivity index (χ0v) is 16.6. The van der Waals surface area contributed by atoms with Crippen molar-refractivity contribution in [3.63, 3.8) is 0 Å². The summed E-state index contributed by atoms with van der Waals surface area (Å²) in [5, 5.41) is 0. The molecule has 0 aliphatic carbocycles. The van der Waals surface area contributed by atoms with Gasteiger partial charge in [0.1, 0.15) is 17.6 Å². The Bertz CT molecular complexity index is 1040. The molecule has 2 aromatic rings. The van der Waals surface area contributed by atoms with Gasteiger partial charge >= 0.3 is 0 Å². The number of amidine groups is 1. The third kappa shape index (κ3) is 4.68. The highest BCUT2D eigenvalue weighted by Gasteiger charge is 2.21. The number of hydrogen-bond acceptors (Lipinski definition) is 4. The Balaban J connectivity index is 1.92. The molecule has 29 heavy (non-hydrogen) atoms. The van der Waals surface area contributed by atoms with Crippen LogP contribution in [0, 0.1) is 12.4 Å². The molecule has 0 saturated carbocycles. The SMILES string of the molecule is [C-]#[N+]c1cc(Oc2c(Br)ccc(CC3=N[C@H](C)C(=O)NN3)c2F)cc(C(F)F)c1. The molecule has 1 amide bonds. The van der Waals surface area contributed by atoms with Crippen LogP contribution in [0.4, 0.5) is 18.9 Å². The fraction of sp³-hybridized carbons (Fsp3) is 0.211. The third-order valence-electron chi connectivity index (χ3n) is 4.06. The van der Waals surface area contributed by atoms with E-state index in [2.05, 4.69) is 36.6 Å². The lowest BCUT2D eigenvalue weighted by molar-refractivity contribution is -0.122. The number of rotatable bonds is 5. The topological polar surface area (TPSA) is 67.1 Å². The summed E-state index contributed by atoms with van der Waals surface area (Å²) in [6, 6.07) is 5.81. The minimum atomic E-state index is -2.80. The van der Waals surface area contributed by atoms with Crippen molar-refractivity contribution in [2.24, 2.45) is 4.99 Å². The van der Waals surface area contributed by atoms with Gasteiger partial charge in [-0.2, -0.15) is 0 Å². The van der Waals surface area contributed by atoms with E-state index in [0.29, 0.717) is 5.84 Å². The molecule has 0 unspecified atom stereocenters. The van der Waals surface area contributed by atoms with E-state index in [4.69, 9.17) is 11.3 Å². The molecular weight excluding hydrogens is 453 g/mol. The Hall–Kier alpha value is -3.06. The molecule has 150 valence electrons. The van der Waals surface area contributed by atoms with Gasteiger partial charge in [0.05, 0.1) is 11.0 Å². The molecule has 3 rings (SSSR count). The lowest BCUT2D eigenvalue weighted by Crippen LogP contribution is -2.50. The van der Waals surface area contributed by atoms with Gasteiger partial charge in [-0.1, -0.05) is 6.07 Å². The number of nitrogens with one attached hydrogen (secondary N) is 2. The number of benzene rings is 2. The zero-order valence-electron chi connectivity index (χ0n) is 15.0. The highest BCUT2D eigenvalue weighted by atomic mass is 79.9. The van der Waals surface area contributed by atoms with E-state index in [1.54, 1.807) is 13.0 Å². The molecule has 2 N–H and O–H groups in total. The normalized spacial score (nSPS) is 16.0. The van der Waals surface area contributed by atoms with Crippen molar-refractivity contribution in [3.05, 3.63) is 63.2 Å². The van der Waals surface area contributed by atoms with E-state index in [-0.39, 0.29) is 39.6 Å². The lowest BCUT2D eigenvalue weighted by atomic mass is 10.1. The summed E-state index contributed by atoms with van der Waals surface area (Å²) in [5.74, 6) is -0.957. The van der Waals surface area contributed by atoms with Crippen LogP contribution in [0.3, 0.4) is 0 Å². The summed E-state index contributed by atoms with van der Waals surface area (Å²) in [7, 11) is 0. The number of carbonyl (C=O) groups excluding carboxylic acids is 1. The van der Waals surface area contributed by atoms with Crippen LogP contribution in [-0.4, -0.2) is 17.8 Å². The van der Waals surface area contributed by atoms with Crippen molar-refractivity contribution < 1.29 is 22.7 Å². The number of halogens is 4. The Morgan fingerprint density at radius 3 is 2.72 bits per heavy atom. The standard InChI is InChI=1S/C19H14BrF3N4O2/c1-9-19(28)27-26-15(25-9)7-10-3-4-14(20)17(16(10)21)29-13-6-11(18(22)23)5-12(8-13)24-2/h3-6,8-9,18H,7H2,1H3,(H,25,26)(H,27,28)/t9-/m1/s1. The van der Waals surface area contributed by atoms with E-state index in [1.165, 1.54) is 12.1 Å². The van der Waals surface area contributed by atoms with Gasteiger partial charge in [0, 0.05) is 12.0 Å². The van der Waals surface area contributed by atoms with Crippen molar-refractivity contribution in [2.75, 3.05) is 0 Å². The maximum atomic E-state index is 15.1. The minimum absolute atomic E-state index is 0.0454. The molecule has 2 aromatic carbocycles. The molecule has 6 nitrogen and oxygen atoms in total. The maximum absolute atomic E-state index is 15.1. The average molecular weight is 467 g/mol. The van der Waals surface area contributed by atoms with Gasteiger partial charge in [-0.25, -0.2) is 18.0 Å². The first kappa shape index (κ1) is 20.7. The Labute approximate surface area is 172 Å². The van der Waals surface area contributed by atoms with Gasteiger partial charge in [-0.05, 0) is 52.7 Å². The monoisotopic (exact) mass is 466 g/mol. The van der Waals surface area contributed by atoms with Crippen LogP contribution in [0.2, 0.25) is 0 Å². The van der Waals surface area contributed by atoms with Gasteiger partial charge in [0.15, 0.2) is 17.3 Å². The second-order valence-corrected chi connectivity index (χ2v) is 7.02. The Morgan fingerprint density at radius 1 is 1.31 bits per heavy atom. The Kier molecular flexibility index (Phi) is 6.08. The molecule has 1 atom stereocenters. The molecule has 0 radical (unpaired) electrons. The van der Waals surface area contributed by atoms with Gasteiger partial charge < -0.3 is 4.74 Å². The summed E-state index contributed by atoms with van der Waals surface area (Å²) < 4.78 is 46.9. The first-order valence-electron chi connectivity index (χ1n) is 8.36. The first-order valence-corrected chi connectivity index (χ1v) is 9.15. The number of hydrogen-bond donors (Lipinski definition) is 2. The van der Waals surface area contributed by atoms with E-state index >= 15 is 4.39 Å². The zero-order chi connectivity index (χ0) is 21.1. The summed E-state index contributed by atoms with van der Waals surface area (Å²) in [4.78, 5) is 18.7. The largest absolute Gasteiger partial charge is 0.454 e. The molecule has 0 bridgehead atoms. The highest BCUT2D eigenvalue weighted by molar-refractivity contribution is 9.10. The van der Waals surface area contributed by atoms with Gasteiger partial charge in [0.25, 0.3) is 12.3 Å². The van der Waals surface area contributed by atoms with Crippen molar-refractivity contribution in [3.8, 4) is 11.5 Å². The van der Waals surface area contributed by atoms with Crippen LogP contribution in [0.25, 0.3) is 4.85 Å². The molecule has 0 saturated heterocycles. The fourth-order valence-electron chi connectivity index (χ4n) is 2.61. The molecule has 1 heterocycles. The average Bonchev–Trinajstić information content (AvgIpc) is 2.69. The van der Waals surface area contributed by atoms with Crippen molar-refractivity contribution in [1.82, 2.24) is 10.9 Å². The summed E-state index contributed by atoms with van der Waals surface area (Å²) in [6.07, 6.45) is -2.75.